The second-order valence-corrected chi connectivity index (χ2v) is 3.80. The SMILES string of the molecule is COC(=O)c1c(OC(F)F)ccc(Cl)c1Br. The summed E-state index contributed by atoms with van der Waals surface area (Å²) in [6.45, 7) is -3.03. The molecule has 1 aromatic rings. The van der Waals surface area contributed by atoms with Crippen LogP contribution in [-0.4, -0.2) is 19.7 Å². The number of alkyl halides is 2. The first-order valence-corrected chi connectivity index (χ1v) is 5.15. The molecule has 0 fully saturated rings. The Kier molecular flexibility index (Phi) is 4.49. The molecule has 1 aromatic carbocycles. The fourth-order valence-electron chi connectivity index (χ4n) is 1.02. The van der Waals surface area contributed by atoms with Gasteiger partial charge in [-0.1, -0.05) is 11.6 Å². The molecule has 0 atom stereocenters. The second kappa shape index (κ2) is 5.45. The Morgan fingerprint density at radius 2 is 2.12 bits per heavy atom. The maximum absolute atomic E-state index is 12.1. The summed E-state index contributed by atoms with van der Waals surface area (Å²) in [6.07, 6.45) is 0. The van der Waals surface area contributed by atoms with E-state index in [-0.39, 0.29) is 20.8 Å². The van der Waals surface area contributed by atoms with Crippen molar-refractivity contribution in [3.05, 3.63) is 27.2 Å². The number of ether oxygens (including phenoxy) is 2. The first kappa shape index (κ1) is 13.2. The van der Waals surface area contributed by atoms with Gasteiger partial charge in [0.15, 0.2) is 0 Å². The van der Waals surface area contributed by atoms with Gasteiger partial charge in [-0.05, 0) is 28.1 Å². The fourth-order valence-corrected chi connectivity index (χ4v) is 1.67. The van der Waals surface area contributed by atoms with E-state index in [1.165, 1.54) is 12.1 Å². The standard InChI is InChI=1S/C9H6BrClF2O3/c1-15-8(14)6-5(16-9(12)13)3-2-4(11)7(6)10/h2-3,9H,1H3. The Morgan fingerprint density at radius 1 is 1.50 bits per heavy atom. The number of benzene rings is 1. The summed E-state index contributed by atoms with van der Waals surface area (Å²) in [5, 5.41) is 0.196. The van der Waals surface area contributed by atoms with Gasteiger partial charge in [0.05, 0.1) is 16.6 Å². The molecule has 0 radical (unpaired) electrons. The van der Waals surface area contributed by atoms with Crippen molar-refractivity contribution < 1.29 is 23.0 Å². The molecule has 0 amide bonds. The van der Waals surface area contributed by atoms with Crippen LogP contribution in [0.3, 0.4) is 0 Å². The lowest BCUT2D eigenvalue weighted by atomic mass is 10.2. The van der Waals surface area contributed by atoms with E-state index in [0.717, 1.165) is 7.11 Å². The van der Waals surface area contributed by atoms with Gasteiger partial charge >= 0.3 is 12.6 Å². The molecule has 0 saturated carbocycles. The summed E-state index contributed by atoms with van der Waals surface area (Å²) in [6, 6.07) is 2.50. The number of hydrogen-bond acceptors (Lipinski definition) is 3. The van der Waals surface area contributed by atoms with Crippen molar-refractivity contribution in [1.82, 2.24) is 0 Å². The maximum Gasteiger partial charge on any atom is 0.387 e. The minimum Gasteiger partial charge on any atom is -0.465 e. The first-order valence-electron chi connectivity index (χ1n) is 3.98. The largest absolute Gasteiger partial charge is 0.465 e. The highest BCUT2D eigenvalue weighted by molar-refractivity contribution is 9.10. The van der Waals surface area contributed by atoms with Gasteiger partial charge in [-0.3, -0.25) is 0 Å². The molecule has 0 spiro atoms. The highest BCUT2D eigenvalue weighted by Gasteiger charge is 2.21. The number of hydrogen-bond donors (Lipinski definition) is 0. The zero-order valence-electron chi connectivity index (χ0n) is 7.97. The third-order valence-corrected chi connectivity index (χ3v) is 3.03. The van der Waals surface area contributed by atoms with E-state index in [9.17, 15) is 13.6 Å². The third kappa shape index (κ3) is 2.82. The lowest BCUT2D eigenvalue weighted by Gasteiger charge is -2.11. The molecule has 0 unspecified atom stereocenters. The number of methoxy groups -OCH3 is 1. The van der Waals surface area contributed by atoms with Crippen LogP contribution in [0.5, 0.6) is 5.75 Å². The van der Waals surface area contributed by atoms with Crippen molar-refractivity contribution in [2.45, 2.75) is 6.61 Å². The van der Waals surface area contributed by atoms with Crippen LogP contribution in [-0.2, 0) is 4.74 Å². The highest BCUT2D eigenvalue weighted by atomic mass is 79.9. The van der Waals surface area contributed by atoms with Gasteiger partial charge in [0.1, 0.15) is 11.3 Å². The number of esters is 1. The molecule has 88 valence electrons. The van der Waals surface area contributed by atoms with Crippen molar-refractivity contribution in [2.75, 3.05) is 7.11 Å². The predicted octanol–water partition coefficient (Wildman–Crippen LogP) is 3.49. The van der Waals surface area contributed by atoms with Crippen molar-refractivity contribution in [3.8, 4) is 5.75 Å². The molecule has 0 heterocycles. The molecule has 0 aliphatic heterocycles. The zero-order chi connectivity index (χ0) is 12.3. The first-order chi connectivity index (χ1) is 7.47. The molecule has 0 aliphatic rings. The van der Waals surface area contributed by atoms with Crippen molar-refractivity contribution in [1.29, 1.82) is 0 Å². The van der Waals surface area contributed by atoms with Gasteiger partial charge in [-0.2, -0.15) is 8.78 Å². The van der Waals surface area contributed by atoms with Crippen molar-refractivity contribution in [3.63, 3.8) is 0 Å². The topological polar surface area (TPSA) is 35.5 Å². The molecule has 0 aromatic heterocycles. The van der Waals surface area contributed by atoms with Crippen LogP contribution in [0, 0.1) is 0 Å². The normalized spacial score (nSPS) is 10.4. The number of halogens is 4. The highest BCUT2D eigenvalue weighted by Crippen LogP contribution is 2.34. The molecule has 3 nitrogen and oxygen atoms in total. The molecule has 0 aliphatic carbocycles. The Bertz CT molecular complexity index is 412. The van der Waals surface area contributed by atoms with Gasteiger partial charge in [-0.15, -0.1) is 0 Å². The average molecular weight is 315 g/mol. The fraction of sp³-hybridized carbons (Fsp3) is 0.222. The third-order valence-electron chi connectivity index (χ3n) is 1.66. The van der Waals surface area contributed by atoms with Gasteiger partial charge < -0.3 is 9.47 Å². The summed E-state index contributed by atoms with van der Waals surface area (Å²) in [7, 11) is 1.13. The lowest BCUT2D eigenvalue weighted by Crippen LogP contribution is -2.10. The molecule has 0 bridgehead atoms. The van der Waals surface area contributed by atoms with Crippen LogP contribution < -0.4 is 4.74 Å². The van der Waals surface area contributed by atoms with E-state index in [1.807, 2.05) is 0 Å². The van der Waals surface area contributed by atoms with Crippen molar-refractivity contribution >= 4 is 33.5 Å². The van der Waals surface area contributed by atoms with Gasteiger partial charge in [-0.25, -0.2) is 4.79 Å². The van der Waals surface area contributed by atoms with Crippen molar-refractivity contribution in [2.24, 2.45) is 0 Å². The lowest BCUT2D eigenvalue weighted by molar-refractivity contribution is -0.0504. The Labute approximate surface area is 103 Å². The minimum absolute atomic E-state index is 0.152. The number of carbonyl (C=O) groups is 1. The van der Waals surface area contributed by atoms with Crippen LogP contribution >= 0.6 is 27.5 Å². The minimum atomic E-state index is -3.03. The monoisotopic (exact) mass is 314 g/mol. The number of carbonyl (C=O) groups excluding carboxylic acids is 1. The summed E-state index contributed by atoms with van der Waals surface area (Å²) >= 11 is 8.73. The summed E-state index contributed by atoms with van der Waals surface area (Å²) < 4.78 is 32.9. The van der Waals surface area contributed by atoms with E-state index < -0.39 is 12.6 Å². The molecule has 0 N–H and O–H groups in total. The Balaban J connectivity index is 3.27. The van der Waals surface area contributed by atoms with Crippen LogP contribution in [0.2, 0.25) is 5.02 Å². The smallest absolute Gasteiger partial charge is 0.387 e. The van der Waals surface area contributed by atoms with Crippen LogP contribution in [0.1, 0.15) is 10.4 Å². The molecule has 0 saturated heterocycles. The van der Waals surface area contributed by atoms with Crippen LogP contribution in [0.15, 0.2) is 16.6 Å². The number of rotatable bonds is 3. The Morgan fingerprint density at radius 3 is 2.62 bits per heavy atom. The summed E-state index contributed by atoms with van der Waals surface area (Å²) in [5.74, 6) is -1.11. The molecular formula is C9H6BrClF2O3. The molecule has 16 heavy (non-hydrogen) atoms. The molecule has 1 rings (SSSR count). The van der Waals surface area contributed by atoms with Crippen LogP contribution in [0.25, 0.3) is 0 Å². The molecule has 7 heteroatoms. The van der Waals surface area contributed by atoms with E-state index in [2.05, 4.69) is 25.4 Å². The van der Waals surface area contributed by atoms with Crippen LogP contribution in [0.4, 0.5) is 8.78 Å². The Hall–Kier alpha value is -0.880. The van der Waals surface area contributed by atoms with Gasteiger partial charge in [0, 0.05) is 0 Å². The van der Waals surface area contributed by atoms with E-state index in [0.29, 0.717) is 0 Å². The van der Waals surface area contributed by atoms with Gasteiger partial charge in [0.2, 0.25) is 0 Å². The van der Waals surface area contributed by atoms with E-state index in [4.69, 9.17) is 11.6 Å². The summed E-state index contributed by atoms with van der Waals surface area (Å²) in [5.41, 5.74) is -0.171. The zero-order valence-corrected chi connectivity index (χ0v) is 10.3. The second-order valence-electron chi connectivity index (χ2n) is 2.60. The van der Waals surface area contributed by atoms with Gasteiger partial charge in [0.25, 0.3) is 0 Å². The predicted molar refractivity (Wildman–Crippen MR) is 57.1 cm³/mol. The summed E-state index contributed by atoms with van der Waals surface area (Å²) in [4.78, 5) is 11.4. The quantitative estimate of drug-likeness (QED) is 0.801. The van der Waals surface area contributed by atoms with E-state index in [1.54, 1.807) is 0 Å². The molecular weight excluding hydrogens is 309 g/mol. The average Bonchev–Trinajstić information content (AvgIpc) is 2.22. The maximum atomic E-state index is 12.1. The van der Waals surface area contributed by atoms with E-state index >= 15 is 0 Å².